The largest absolute Gasteiger partial charge is 0.484 e. The molecule has 2 rings (SSSR count). The minimum atomic E-state index is -4.37. The zero-order valence-electron chi connectivity index (χ0n) is 16.4. The average molecular weight is 528 g/mol. The summed E-state index contributed by atoms with van der Waals surface area (Å²) < 4.78 is 41.6. The van der Waals surface area contributed by atoms with Gasteiger partial charge in [-0.3, -0.25) is 4.79 Å². The van der Waals surface area contributed by atoms with Crippen molar-refractivity contribution < 1.29 is 22.7 Å². The van der Waals surface area contributed by atoms with Crippen LogP contribution in [-0.2, 0) is 11.3 Å². The number of carbonyl (C=O) groups excluding carboxylic acids is 1. The van der Waals surface area contributed by atoms with Gasteiger partial charge < -0.3 is 20.3 Å². The summed E-state index contributed by atoms with van der Waals surface area (Å²) in [6, 6.07) is 6.47. The Morgan fingerprint density at radius 1 is 1.31 bits per heavy atom. The molecule has 1 heterocycles. The summed E-state index contributed by atoms with van der Waals surface area (Å²) in [5, 5.41) is 6.34. The van der Waals surface area contributed by atoms with E-state index < -0.39 is 12.8 Å². The van der Waals surface area contributed by atoms with Crippen LogP contribution in [0.2, 0.25) is 0 Å². The normalized spacial score (nSPS) is 14.6. The molecule has 29 heavy (non-hydrogen) atoms. The fourth-order valence-electron chi connectivity index (χ4n) is 2.83. The molecule has 6 nitrogen and oxygen atoms in total. The molecule has 1 saturated heterocycles. The number of rotatable bonds is 9. The van der Waals surface area contributed by atoms with Crippen LogP contribution in [0.15, 0.2) is 29.3 Å². The van der Waals surface area contributed by atoms with Crippen molar-refractivity contribution in [1.29, 1.82) is 0 Å². The van der Waals surface area contributed by atoms with Gasteiger partial charge in [0.1, 0.15) is 5.75 Å². The molecule has 1 aromatic rings. The first kappa shape index (κ1) is 25.3. The molecule has 10 heteroatoms. The highest BCUT2D eigenvalue weighted by Gasteiger charge is 2.28. The van der Waals surface area contributed by atoms with Gasteiger partial charge in [-0.15, -0.1) is 24.0 Å². The average Bonchev–Trinajstić information content (AvgIpc) is 3.06. The number of guanidine groups is 1. The zero-order valence-corrected chi connectivity index (χ0v) is 18.8. The van der Waals surface area contributed by atoms with Crippen molar-refractivity contribution in [1.82, 2.24) is 15.5 Å². The lowest BCUT2D eigenvalue weighted by Gasteiger charge is -2.16. The molecule has 2 N–H and O–H groups in total. The minimum Gasteiger partial charge on any atom is -0.484 e. The molecule has 0 atom stereocenters. The number of hydrogen-bond donors (Lipinski definition) is 2. The number of ether oxygens (including phenoxy) is 1. The van der Waals surface area contributed by atoms with Crippen molar-refractivity contribution in [2.75, 3.05) is 32.8 Å². The number of likely N-dealkylation sites (tertiary alicyclic amines) is 1. The Balaban J connectivity index is 0.00000420. The van der Waals surface area contributed by atoms with Gasteiger partial charge >= 0.3 is 6.18 Å². The van der Waals surface area contributed by atoms with Gasteiger partial charge in [-0.1, -0.05) is 12.1 Å². The third-order valence-corrected chi connectivity index (χ3v) is 4.13. The molecule has 0 bridgehead atoms. The van der Waals surface area contributed by atoms with Crippen molar-refractivity contribution >= 4 is 35.8 Å². The number of hydrogen-bond acceptors (Lipinski definition) is 3. The number of carbonyl (C=O) groups is 1. The highest BCUT2D eigenvalue weighted by molar-refractivity contribution is 14.0. The topological polar surface area (TPSA) is 66.0 Å². The Morgan fingerprint density at radius 2 is 2.10 bits per heavy atom. The van der Waals surface area contributed by atoms with Crippen LogP contribution in [0.1, 0.15) is 31.7 Å². The Morgan fingerprint density at radius 3 is 2.76 bits per heavy atom. The number of nitrogens with zero attached hydrogens (tertiary/aromatic N) is 2. The van der Waals surface area contributed by atoms with Crippen molar-refractivity contribution in [3.63, 3.8) is 0 Å². The molecule has 0 spiro atoms. The Hall–Kier alpha value is -1.72. The van der Waals surface area contributed by atoms with Gasteiger partial charge in [0.2, 0.25) is 5.91 Å². The van der Waals surface area contributed by atoms with Crippen molar-refractivity contribution in [2.45, 2.75) is 38.9 Å². The first-order valence-corrected chi connectivity index (χ1v) is 9.46. The number of alkyl halides is 3. The maximum atomic E-state index is 12.3. The summed E-state index contributed by atoms with van der Waals surface area (Å²) in [6.07, 6.45) is -1.97. The summed E-state index contributed by atoms with van der Waals surface area (Å²) in [7, 11) is 0. The summed E-state index contributed by atoms with van der Waals surface area (Å²) in [4.78, 5) is 17.9. The molecule has 0 aliphatic carbocycles. The lowest BCUT2D eigenvalue weighted by atomic mass is 10.2. The van der Waals surface area contributed by atoms with Gasteiger partial charge in [0, 0.05) is 32.6 Å². The molecule has 1 fully saturated rings. The van der Waals surface area contributed by atoms with Crippen LogP contribution in [-0.4, -0.2) is 55.7 Å². The third kappa shape index (κ3) is 10.0. The molecule has 0 radical (unpaired) electrons. The quantitative estimate of drug-likeness (QED) is 0.224. The van der Waals surface area contributed by atoms with Crippen LogP contribution in [0.5, 0.6) is 5.75 Å². The van der Waals surface area contributed by atoms with E-state index in [1.807, 2.05) is 11.8 Å². The molecule has 1 aliphatic rings. The minimum absolute atomic E-state index is 0. The maximum Gasteiger partial charge on any atom is 0.422 e. The standard InChI is InChI=1S/C19H27F3N4O2.HI/c1-2-23-18(24-9-5-11-26-10-4-8-17(26)27)25-13-15-6-3-7-16(12-15)28-14-19(20,21)22;/h3,6-7,12H,2,4-5,8-11,13-14H2,1H3,(H2,23,24,25);1H. The van der Waals surface area contributed by atoms with E-state index in [9.17, 15) is 18.0 Å². The van der Waals surface area contributed by atoms with E-state index in [2.05, 4.69) is 15.6 Å². The number of amides is 1. The monoisotopic (exact) mass is 528 g/mol. The van der Waals surface area contributed by atoms with Gasteiger partial charge in [0.25, 0.3) is 0 Å². The molecule has 1 aliphatic heterocycles. The summed E-state index contributed by atoms with van der Waals surface area (Å²) >= 11 is 0. The molecule has 0 unspecified atom stereocenters. The fraction of sp³-hybridized carbons (Fsp3) is 0.579. The molecular weight excluding hydrogens is 500 g/mol. The summed E-state index contributed by atoms with van der Waals surface area (Å²) in [5.74, 6) is 1.00. The van der Waals surface area contributed by atoms with Gasteiger partial charge in [0.15, 0.2) is 12.6 Å². The molecule has 1 aromatic carbocycles. The lowest BCUT2D eigenvalue weighted by Crippen LogP contribution is -2.39. The van der Waals surface area contributed by atoms with Crippen LogP contribution in [0, 0.1) is 0 Å². The summed E-state index contributed by atoms with van der Waals surface area (Å²) in [6.45, 7) is 3.86. The number of nitrogens with one attached hydrogen (secondary N) is 2. The number of halogens is 4. The van der Waals surface area contributed by atoms with Crippen molar-refractivity contribution in [2.24, 2.45) is 4.99 Å². The van der Waals surface area contributed by atoms with Crippen LogP contribution in [0.4, 0.5) is 13.2 Å². The fourth-order valence-corrected chi connectivity index (χ4v) is 2.83. The summed E-state index contributed by atoms with van der Waals surface area (Å²) in [5.41, 5.74) is 0.750. The molecule has 164 valence electrons. The van der Waals surface area contributed by atoms with Crippen LogP contribution in [0.25, 0.3) is 0 Å². The van der Waals surface area contributed by atoms with Gasteiger partial charge in [0.05, 0.1) is 6.54 Å². The number of aliphatic imine (C=N–C) groups is 1. The predicted molar refractivity (Wildman–Crippen MR) is 117 cm³/mol. The second-order valence-electron chi connectivity index (χ2n) is 6.51. The maximum absolute atomic E-state index is 12.3. The predicted octanol–water partition coefficient (Wildman–Crippen LogP) is 3.31. The van der Waals surface area contributed by atoms with E-state index in [4.69, 9.17) is 4.74 Å². The highest BCUT2D eigenvalue weighted by atomic mass is 127. The third-order valence-electron chi connectivity index (χ3n) is 4.13. The molecule has 1 amide bonds. The van der Waals surface area contributed by atoms with Crippen LogP contribution in [0.3, 0.4) is 0 Å². The van der Waals surface area contributed by atoms with Crippen molar-refractivity contribution in [3.05, 3.63) is 29.8 Å². The zero-order chi connectivity index (χ0) is 20.4. The Kier molecular flexibility index (Phi) is 11.1. The van der Waals surface area contributed by atoms with E-state index in [0.29, 0.717) is 32.0 Å². The van der Waals surface area contributed by atoms with Crippen LogP contribution >= 0.6 is 24.0 Å². The van der Waals surface area contributed by atoms with Crippen LogP contribution < -0.4 is 15.4 Å². The Bertz CT molecular complexity index is 671. The SMILES string of the molecule is CCNC(=NCc1cccc(OCC(F)(F)F)c1)NCCCN1CCCC1=O.I. The Labute approximate surface area is 186 Å². The van der Waals surface area contributed by atoms with Gasteiger partial charge in [-0.25, -0.2) is 4.99 Å². The first-order valence-electron chi connectivity index (χ1n) is 9.46. The van der Waals surface area contributed by atoms with Gasteiger partial charge in [-0.2, -0.15) is 13.2 Å². The van der Waals surface area contributed by atoms with E-state index in [0.717, 1.165) is 31.5 Å². The molecular formula is C19H28F3IN4O2. The second-order valence-corrected chi connectivity index (χ2v) is 6.51. The smallest absolute Gasteiger partial charge is 0.422 e. The first-order chi connectivity index (χ1) is 13.4. The second kappa shape index (κ2) is 12.8. The van der Waals surface area contributed by atoms with Crippen molar-refractivity contribution in [3.8, 4) is 5.75 Å². The highest BCUT2D eigenvalue weighted by Crippen LogP contribution is 2.19. The van der Waals surface area contributed by atoms with Gasteiger partial charge in [-0.05, 0) is 37.5 Å². The van der Waals surface area contributed by atoms with E-state index >= 15 is 0 Å². The van der Waals surface area contributed by atoms with E-state index in [-0.39, 0.29) is 35.6 Å². The van der Waals surface area contributed by atoms with E-state index in [1.54, 1.807) is 18.2 Å². The molecule has 0 saturated carbocycles. The number of benzene rings is 1. The molecule has 0 aromatic heterocycles. The van der Waals surface area contributed by atoms with E-state index in [1.165, 1.54) is 6.07 Å². The lowest BCUT2D eigenvalue weighted by molar-refractivity contribution is -0.153.